The van der Waals surface area contributed by atoms with Crippen molar-refractivity contribution in [3.05, 3.63) is 71.9 Å². The second-order valence-electron chi connectivity index (χ2n) is 5.92. The van der Waals surface area contributed by atoms with Crippen molar-refractivity contribution in [1.29, 1.82) is 0 Å². The van der Waals surface area contributed by atoms with Crippen LogP contribution in [0.1, 0.15) is 25.1 Å². The van der Waals surface area contributed by atoms with Gasteiger partial charge in [-0.2, -0.15) is 0 Å². The quantitative estimate of drug-likeness (QED) is 0.452. The van der Waals surface area contributed by atoms with Crippen LogP contribution < -0.4 is 15.5 Å². The van der Waals surface area contributed by atoms with Gasteiger partial charge in [0.1, 0.15) is 5.27 Å². The van der Waals surface area contributed by atoms with E-state index in [1.54, 1.807) is 12.1 Å². The second-order valence-corrected chi connectivity index (χ2v) is 5.92. The van der Waals surface area contributed by atoms with E-state index in [-0.39, 0.29) is 5.88 Å². The molecule has 2 N–H and O–H groups in total. The fraction of sp³-hybridized carbons (Fsp3) is 0.167. The van der Waals surface area contributed by atoms with Crippen LogP contribution in [0.3, 0.4) is 0 Å². The zero-order chi connectivity index (χ0) is 17.2. The maximum absolute atomic E-state index is 12.5. The highest BCUT2D eigenvalue weighted by Crippen LogP contribution is 2.32. The number of nitrogens with zero attached hydrogens (tertiary/aromatic N) is 3. The summed E-state index contributed by atoms with van der Waals surface area (Å²) in [6.07, 6.45) is 0. The van der Waals surface area contributed by atoms with E-state index in [9.17, 15) is 5.11 Å². The Morgan fingerprint density at radius 3 is 2.29 bits per heavy atom. The van der Waals surface area contributed by atoms with Crippen molar-refractivity contribution in [3.63, 3.8) is 0 Å². The fourth-order valence-corrected chi connectivity index (χ4v) is 2.63. The fourth-order valence-electron chi connectivity index (χ4n) is 2.63. The molecule has 1 heterocycles. The van der Waals surface area contributed by atoms with Crippen LogP contribution in [0.15, 0.2) is 70.2 Å². The number of nitrogens with two attached hydrogens (primary N) is 1. The normalized spacial score (nSPS) is 12.3. The Bertz CT molecular complexity index is 855. The number of hydrogen-bond acceptors (Lipinski definition) is 5. The van der Waals surface area contributed by atoms with Crippen LogP contribution in [0.5, 0.6) is 0 Å². The van der Waals surface area contributed by atoms with Crippen molar-refractivity contribution < 1.29 is 14.3 Å². The number of para-hydroxylation sites is 1. The highest BCUT2D eigenvalue weighted by molar-refractivity contribution is 5.65. The first kappa shape index (κ1) is 15.7. The molecule has 0 spiro atoms. The molecule has 1 aromatic heterocycles. The Morgan fingerprint density at radius 2 is 1.67 bits per heavy atom. The molecule has 0 atom stereocenters. The smallest absolute Gasteiger partial charge is 0.300 e. The van der Waals surface area contributed by atoms with E-state index < -0.39 is 11.4 Å². The molecule has 0 amide bonds. The molecule has 122 valence electrons. The van der Waals surface area contributed by atoms with Crippen molar-refractivity contribution in [3.8, 4) is 0 Å². The maximum Gasteiger partial charge on any atom is 0.300 e. The van der Waals surface area contributed by atoms with Crippen molar-refractivity contribution in [2.45, 2.75) is 19.3 Å². The van der Waals surface area contributed by atoms with E-state index in [0.717, 1.165) is 10.2 Å². The lowest BCUT2D eigenvalue weighted by Gasteiger charge is -2.22. The Balaban J connectivity index is 2.08. The molecule has 6 nitrogen and oxygen atoms in total. The topological polar surface area (TPSA) is 91.3 Å². The van der Waals surface area contributed by atoms with E-state index in [1.807, 2.05) is 62.4 Å². The number of aromatic nitrogens is 2. The van der Waals surface area contributed by atoms with E-state index in [4.69, 9.17) is 10.3 Å². The first-order valence-corrected chi connectivity index (χ1v) is 7.55. The molecule has 0 aliphatic heterocycles. The Labute approximate surface area is 139 Å². The zero-order valence-corrected chi connectivity index (χ0v) is 13.5. The summed E-state index contributed by atoms with van der Waals surface area (Å²) in [5.41, 5.74) is 7.38. The molecule has 24 heavy (non-hydrogen) atoms. The standard InChI is InChI=1S/C18H18N4O2/c1-18(2,13-9-5-3-6-10-13)15-16(19)24-21-22(15)17(23)20-14-11-7-4-8-12-14/h3-12H,1-2H3,(H2-,19,20,21,23). The Morgan fingerprint density at radius 1 is 1.08 bits per heavy atom. The van der Waals surface area contributed by atoms with Crippen molar-refractivity contribution in [1.82, 2.24) is 5.27 Å². The summed E-state index contributed by atoms with van der Waals surface area (Å²) in [7, 11) is 0. The summed E-state index contributed by atoms with van der Waals surface area (Å²) in [4.78, 5) is 4.06. The van der Waals surface area contributed by atoms with Crippen LogP contribution in [0.4, 0.5) is 11.6 Å². The van der Waals surface area contributed by atoms with Crippen molar-refractivity contribution in [2.75, 3.05) is 5.73 Å². The molecule has 0 radical (unpaired) electrons. The highest BCUT2D eigenvalue weighted by Gasteiger charge is 2.36. The zero-order valence-electron chi connectivity index (χ0n) is 13.5. The van der Waals surface area contributed by atoms with Gasteiger partial charge in [0, 0.05) is 0 Å². The minimum Gasteiger partial charge on any atom is -0.805 e. The molecule has 2 aromatic carbocycles. The predicted molar refractivity (Wildman–Crippen MR) is 88.6 cm³/mol. The van der Waals surface area contributed by atoms with Gasteiger partial charge in [-0.15, -0.1) is 0 Å². The Hall–Kier alpha value is -3.15. The monoisotopic (exact) mass is 322 g/mol. The van der Waals surface area contributed by atoms with E-state index >= 15 is 0 Å². The van der Waals surface area contributed by atoms with Gasteiger partial charge < -0.3 is 15.4 Å². The predicted octanol–water partition coefficient (Wildman–Crippen LogP) is 1.77. The molecule has 3 aromatic rings. The second kappa shape index (κ2) is 6.16. The number of aliphatic imine (C=N–C) groups is 1. The largest absolute Gasteiger partial charge is 0.805 e. The lowest BCUT2D eigenvalue weighted by Crippen LogP contribution is -2.57. The molecule has 0 fully saturated rings. The number of benzene rings is 2. The molecule has 0 bridgehead atoms. The third kappa shape index (κ3) is 2.86. The van der Waals surface area contributed by atoms with Gasteiger partial charge in [0.05, 0.1) is 5.41 Å². The van der Waals surface area contributed by atoms with E-state index in [0.29, 0.717) is 11.4 Å². The van der Waals surface area contributed by atoms with Gasteiger partial charge in [0.2, 0.25) is 5.69 Å². The molecule has 0 saturated heterocycles. The molecule has 3 rings (SSSR count). The molecule has 0 saturated carbocycles. The third-order valence-electron chi connectivity index (χ3n) is 3.92. The van der Waals surface area contributed by atoms with Gasteiger partial charge in [-0.05, 0) is 31.5 Å². The lowest BCUT2D eigenvalue weighted by atomic mass is 9.81. The van der Waals surface area contributed by atoms with Crippen molar-refractivity contribution >= 4 is 17.6 Å². The van der Waals surface area contributed by atoms with Gasteiger partial charge in [-0.1, -0.05) is 58.2 Å². The van der Waals surface area contributed by atoms with Crippen LogP contribution in [0, 0.1) is 0 Å². The van der Waals surface area contributed by atoms with Gasteiger partial charge >= 0.3 is 0 Å². The number of nitrogen functional groups attached to an aromatic ring is 1. The summed E-state index contributed by atoms with van der Waals surface area (Å²) < 4.78 is 6.19. The van der Waals surface area contributed by atoms with E-state index in [1.165, 1.54) is 0 Å². The summed E-state index contributed by atoms with van der Waals surface area (Å²) >= 11 is 0. The van der Waals surface area contributed by atoms with Crippen LogP contribution in [0.2, 0.25) is 0 Å². The number of anilines is 1. The van der Waals surface area contributed by atoms with Gasteiger partial charge in [-0.25, -0.2) is 0 Å². The van der Waals surface area contributed by atoms with E-state index in [2.05, 4.69) is 10.3 Å². The minimum atomic E-state index is -0.576. The first-order valence-electron chi connectivity index (χ1n) is 7.55. The first-order chi connectivity index (χ1) is 11.5. The van der Waals surface area contributed by atoms with Crippen LogP contribution in [0.25, 0.3) is 0 Å². The SMILES string of the molecule is CC(C)(c1ccccc1)c1c(N)on[n+]1C([O-])=Nc1ccccc1. The molecular weight excluding hydrogens is 304 g/mol. The maximum atomic E-state index is 12.5. The minimum absolute atomic E-state index is 0.0977. The number of hydrogen-bond donors (Lipinski definition) is 1. The molecular formula is C18H18N4O2. The van der Waals surface area contributed by atoms with Crippen LogP contribution in [-0.4, -0.2) is 11.3 Å². The lowest BCUT2D eigenvalue weighted by molar-refractivity contribution is -0.687. The molecule has 0 aliphatic carbocycles. The summed E-state index contributed by atoms with van der Waals surface area (Å²) in [5, 5.41) is 16.3. The van der Waals surface area contributed by atoms with Gasteiger partial charge in [-0.3, -0.25) is 0 Å². The van der Waals surface area contributed by atoms with Gasteiger partial charge in [0.15, 0.2) is 5.69 Å². The highest BCUT2D eigenvalue weighted by atomic mass is 16.5. The summed E-state index contributed by atoms with van der Waals surface area (Å²) in [5.74, 6) is 0.0977. The summed E-state index contributed by atoms with van der Waals surface area (Å²) in [6, 6.07) is 18.1. The average Bonchev–Trinajstić information content (AvgIpc) is 2.99. The third-order valence-corrected chi connectivity index (χ3v) is 3.92. The average molecular weight is 322 g/mol. The Kier molecular flexibility index (Phi) is 4.04. The van der Waals surface area contributed by atoms with Gasteiger partial charge in [0.25, 0.3) is 11.9 Å². The van der Waals surface area contributed by atoms with Crippen molar-refractivity contribution in [2.24, 2.45) is 4.99 Å². The van der Waals surface area contributed by atoms with Crippen LogP contribution in [-0.2, 0) is 5.41 Å². The number of rotatable bonds is 3. The molecule has 0 aliphatic rings. The molecule has 6 heteroatoms. The molecule has 0 unspecified atom stereocenters. The van der Waals surface area contributed by atoms with Crippen LogP contribution >= 0.6 is 0 Å². The summed E-state index contributed by atoms with van der Waals surface area (Å²) in [6.45, 7) is 3.91.